The molecule has 31 heavy (non-hydrogen) atoms. The predicted octanol–water partition coefficient (Wildman–Crippen LogP) is 5.49. The lowest BCUT2D eigenvalue weighted by Gasteiger charge is -2.29. The molecule has 0 unspecified atom stereocenters. The number of aryl methyl sites for hydroxylation is 1. The van der Waals surface area contributed by atoms with Gasteiger partial charge in [0.05, 0.1) is 4.47 Å². The maximum atomic E-state index is 13.1. The highest BCUT2D eigenvalue weighted by molar-refractivity contribution is 9.10. The summed E-state index contributed by atoms with van der Waals surface area (Å²) in [4.78, 5) is 27.3. The molecule has 2 rings (SSSR count). The first-order valence-corrected chi connectivity index (χ1v) is 12.2. The molecule has 0 saturated heterocycles. The Kier molecular flexibility index (Phi) is 10.5. The number of nitrogens with zero attached hydrogens (tertiary/aromatic N) is 1. The van der Waals surface area contributed by atoms with Gasteiger partial charge in [0.2, 0.25) is 5.91 Å². The Morgan fingerprint density at radius 2 is 1.87 bits per heavy atom. The van der Waals surface area contributed by atoms with Crippen LogP contribution >= 0.6 is 31.9 Å². The fourth-order valence-corrected chi connectivity index (χ4v) is 4.04. The number of halogens is 2. The van der Waals surface area contributed by atoms with Crippen molar-refractivity contribution in [2.24, 2.45) is 0 Å². The van der Waals surface area contributed by atoms with Crippen LogP contribution in [0.15, 0.2) is 51.4 Å². The first kappa shape index (κ1) is 25.4. The molecule has 168 valence electrons. The second-order valence-corrected chi connectivity index (χ2v) is 9.15. The van der Waals surface area contributed by atoms with E-state index >= 15 is 0 Å². The van der Waals surface area contributed by atoms with E-state index in [2.05, 4.69) is 51.0 Å². The van der Waals surface area contributed by atoms with Crippen molar-refractivity contribution in [3.63, 3.8) is 0 Å². The Morgan fingerprint density at radius 1 is 1.10 bits per heavy atom. The molecular formula is C24H30Br2N2O3. The fourth-order valence-electron chi connectivity index (χ4n) is 3.05. The Bertz CT molecular complexity index is 889. The molecule has 5 nitrogen and oxygen atoms in total. The molecule has 0 radical (unpaired) electrons. The molecule has 1 atom stereocenters. The van der Waals surface area contributed by atoms with E-state index in [1.54, 1.807) is 11.8 Å². The predicted molar refractivity (Wildman–Crippen MR) is 131 cm³/mol. The summed E-state index contributed by atoms with van der Waals surface area (Å²) < 4.78 is 7.52. The largest absolute Gasteiger partial charge is 0.483 e. The SMILES string of the molecule is CCCCNC(=O)[C@H](C)N(Cc1cccc(Br)c1)C(=O)COc1ccc(CC)cc1Br. The van der Waals surface area contributed by atoms with Crippen LogP contribution in [0.1, 0.15) is 44.7 Å². The van der Waals surface area contributed by atoms with E-state index in [9.17, 15) is 9.59 Å². The van der Waals surface area contributed by atoms with Crippen molar-refractivity contribution in [2.75, 3.05) is 13.2 Å². The number of ether oxygens (including phenoxy) is 1. The Morgan fingerprint density at radius 3 is 2.52 bits per heavy atom. The van der Waals surface area contributed by atoms with Gasteiger partial charge in [-0.05, 0) is 71.1 Å². The number of unbranched alkanes of at least 4 members (excludes halogenated alkanes) is 1. The van der Waals surface area contributed by atoms with E-state index in [-0.39, 0.29) is 18.4 Å². The summed E-state index contributed by atoms with van der Waals surface area (Å²) in [6.07, 6.45) is 2.82. The van der Waals surface area contributed by atoms with Crippen molar-refractivity contribution in [3.8, 4) is 5.75 Å². The third kappa shape index (κ3) is 7.96. The molecule has 0 bridgehead atoms. The molecule has 0 aliphatic carbocycles. The molecule has 0 spiro atoms. The number of amides is 2. The zero-order valence-corrected chi connectivity index (χ0v) is 21.5. The zero-order valence-electron chi connectivity index (χ0n) is 18.3. The van der Waals surface area contributed by atoms with Crippen LogP contribution in [0.25, 0.3) is 0 Å². The van der Waals surface area contributed by atoms with Gasteiger partial charge in [-0.25, -0.2) is 0 Å². The van der Waals surface area contributed by atoms with E-state index in [1.807, 2.05) is 42.5 Å². The van der Waals surface area contributed by atoms with Gasteiger partial charge in [-0.2, -0.15) is 0 Å². The van der Waals surface area contributed by atoms with Crippen LogP contribution in [0.3, 0.4) is 0 Å². The molecule has 2 amide bonds. The maximum absolute atomic E-state index is 13.1. The first-order valence-electron chi connectivity index (χ1n) is 10.6. The smallest absolute Gasteiger partial charge is 0.261 e. The van der Waals surface area contributed by atoms with Crippen LogP contribution in [0.5, 0.6) is 5.75 Å². The summed E-state index contributed by atoms with van der Waals surface area (Å²) in [5, 5.41) is 2.92. The van der Waals surface area contributed by atoms with Crippen LogP contribution in [0.4, 0.5) is 0 Å². The van der Waals surface area contributed by atoms with Crippen molar-refractivity contribution < 1.29 is 14.3 Å². The Balaban J connectivity index is 2.13. The summed E-state index contributed by atoms with van der Waals surface area (Å²) in [6.45, 7) is 6.68. The van der Waals surface area contributed by atoms with Crippen molar-refractivity contribution >= 4 is 43.7 Å². The lowest BCUT2D eigenvalue weighted by atomic mass is 10.1. The number of carbonyl (C=O) groups is 2. The first-order chi connectivity index (χ1) is 14.8. The number of carbonyl (C=O) groups excluding carboxylic acids is 2. The number of benzene rings is 2. The summed E-state index contributed by atoms with van der Waals surface area (Å²) in [5.41, 5.74) is 2.11. The van der Waals surface area contributed by atoms with Crippen LogP contribution < -0.4 is 10.1 Å². The van der Waals surface area contributed by atoms with Crippen LogP contribution in [0.2, 0.25) is 0 Å². The van der Waals surface area contributed by atoms with E-state index in [1.165, 1.54) is 5.56 Å². The van der Waals surface area contributed by atoms with Gasteiger partial charge in [-0.3, -0.25) is 9.59 Å². The summed E-state index contributed by atoms with van der Waals surface area (Å²) >= 11 is 6.97. The minimum absolute atomic E-state index is 0.148. The molecule has 0 fully saturated rings. The standard InChI is InChI=1S/C24H30Br2N2O3/c1-4-6-12-27-24(30)17(3)28(15-19-8-7-9-20(25)13-19)23(29)16-31-22-11-10-18(5-2)14-21(22)26/h7-11,13-14,17H,4-6,12,15-16H2,1-3H3,(H,27,30)/t17-/m0/s1. The van der Waals surface area contributed by atoms with Gasteiger partial charge in [-0.15, -0.1) is 0 Å². The van der Waals surface area contributed by atoms with E-state index in [4.69, 9.17) is 4.74 Å². The second-order valence-electron chi connectivity index (χ2n) is 7.38. The molecule has 0 heterocycles. The average Bonchev–Trinajstić information content (AvgIpc) is 2.76. The molecule has 0 aromatic heterocycles. The average molecular weight is 554 g/mol. The van der Waals surface area contributed by atoms with Crippen LogP contribution in [0, 0.1) is 0 Å². The van der Waals surface area contributed by atoms with Crippen molar-refractivity contribution in [2.45, 2.75) is 52.6 Å². The Labute approximate surface area is 201 Å². The van der Waals surface area contributed by atoms with E-state index in [0.29, 0.717) is 18.8 Å². The van der Waals surface area contributed by atoms with Gasteiger partial charge in [0.1, 0.15) is 11.8 Å². The highest BCUT2D eigenvalue weighted by Gasteiger charge is 2.26. The van der Waals surface area contributed by atoms with E-state index in [0.717, 1.165) is 33.8 Å². The summed E-state index contributed by atoms with van der Waals surface area (Å²) in [7, 11) is 0. The Hall–Kier alpha value is -1.86. The number of nitrogens with one attached hydrogen (secondary N) is 1. The minimum atomic E-state index is -0.613. The van der Waals surface area contributed by atoms with Crippen molar-refractivity contribution in [1.82, 2.24) is 10.2 Å². The molecule has 0 saturated carbocycles. The van der Waals surface area contributed by atoms with Crippen molar-refractivity contribution in [3.05, 3.63) is 62.5 Å². The summed E-state index contributed by atoms with van der Waals surface area (Å²) in [5.74, 6) is 0.197. The normalized spacial score (nSPS) is 11.6. The number of rotatable bonds is 11. The van der Waals surface area contributed by atoms with Gasteiger partial charge in [-0.1, -0.05) is 54.4 Å². The van der Waals surface area contributed by atoms with Gasteiger partial charge in [0.25, 0.3) is 5.91 Å². The molecule has 1 N–H and O–H groups in total. The monoisotopic (exact) mass is 552 g/mol. The lowest BCUT2D eigenvalue weighted by Crippen LogP contribution is -2.49. The molecule has 2 aromatic carbocycles. The number of hydrogen-bond donors (Lipinski definition) is 1. The van der Waals surface area contributed by atoms with Crippen LogP contribution in [-0.2, 0) is 22.6 Å². The summed E-state index contributed by atoms with van der Waals surface area (Å²) in [6, 6.07) is 12.9. The van der Waals surface area contributed by atoms with Gasteiger partial charge < -0.3 is 15.0 Å². The highest BCUT2D eigenvalue weighted by Crippen LogP contribution is 2.26. The third-order valence-corrected chi connectivity index (χ3v) is 6.11. The third-order valence-electron chi connectivity index (χ3n) is 4.99. The van der Waals surface area contributed by atoms with E-state index < -0.39 is 6.04 Å². The molecule has 0 aliphatic heterocycles. The van der Waals surface area contributed by atoms with Crippen molar-refractivity contribution in [1.29, 1.82) is 0 Å². The minimum Gasteiger partial charge on any atom is -0.483 e. The van der Waals surface area contributed by atoms with Gasteiger partial charge in [0, 0.05) is 17.6 Å². The maximum Gasteiger partial charge on any atom is 0.261 e. The van der Waals surface area contributed by atoms with Crippen LogP contribution in [-0.4, -0.2) is 35.9 Å². The fraction of sp³-hybridized carbons (Fsp3) is 0.417. The molecule has 7 heteroatoms. The lowest BCUT2D eigenvalue weighted by molar-refractivity contribution is -0.142. The quantitative estimate of drug-likeness (QED) is 0.374. The second kappa shape index (κ2) is 12.9. The zero-order chi connectivity index (χ0) is 22.8. The number of hydrogen-bond acceptors (Lipinski definition) is 3. The van der Waals surface area contributed by atoms with Gasteiger partial charge in [0.15, 0.2) is 6.61 Å². The topological polar surface area (TPSA) is 58.6 Å². The molecule has 0 aliphatic rings. The van der Waals surface area contributed by atoms with Gasteiger partial charge >= 0.3 is 0 Å². The highest BCUT2D eigenvalue weighted by atomic mass is 79.9. The molecule has 2 aromatic rings. The molecular weight excluding hydrogens is 524 g/mol.